The molecular weight excluding hydrogens is 741 g/mol. The second-order valence-electron chi connectivity index (χ2n) is 14.3. The van der Waals surface area contributed by atoms with Crippen molar-refractivity contribution in [2.75, 3.05) is 19.8 Å². The number of benzene rings is 4. The summed E-state index contributed by atoms with van der Waals surface area (Å²) in [4.78, 5) is 24.8. The number of hydrogen-bond donors (Lipinski definition) is 0. The Bertz CT molecular complexity index is 1820. The molecule has 0 unspecified atom stereocenters. The molecule has 0 radical (unpaired) electrons. The average molecular weight is 795 g/mol. The maximum Gasteiger partial charge on any atom is 0.303 e. The van der Waals surface area contributed by atoms with Crippen LogP contribution in [0.4, 0.5) is 0 Å². The molecule has 4 aromatic rings. The van der Waals surface area contributed by atoms with Crippen molar-refractivity contribution in [2.24, 2.45) is 5.92 Å². The van der Waals surface area contributed by atoms with Crippen LogP contribution in [-0.4, -0.2) is 80.8 Å². The second-order valence-corrected chi connectivity index (χ2v) is 14.3. The first kappa shape index (κ1) is 42.9. The lowest BCUT2D eigenvalue weighted by Crippen LogP contribution is -2.65. The fraction of sp³-hybridized carbons (Fsp3) is 0.404. The molecule has 11 nitrogen and oxygen atoms in total. The van der Waals surface area contributed by atoms with Gasteiger partial charge in [-0.05, 0) is 29.2 Å². The van der Waals surface area contributed by atoms with Gasteiger partial charge in [-0.1, -0.05) is 133 Å². The average Bonchev–Trinajstić information content (AvgIpc) is 3.24. The monoisotopic (exact) mass is 794 g/mol. The molecule has 0 bridgehead atoms. The van der Waals surface area contributed by atoms with Crippen molar-refractivity contribution in [2.45, 2.75) is 96.2 Å². The van der Waals surface area contributed by atoms with Gasteiger partial charge in [-0.25, -0.2) is 0 Å². The van der Waals surface area contributed by atoms with Gasteiger partial charge in [-0.15, -0.1) is 0 Å². The van der Waals surface area contributed by atoms with Gasteiger partial charge < -0.3 is 42.6 Å². The summed E-state index contributed by atoms with van der Waals surface area (Å²) in [6.07, 6.45) is -2.70. The first-order valence-electron chi connectivity index (χ1n) is 19.9. The molecule has 2 heterocycles. The third-order valence-corrected chi connectivity index (χ3v) is 9.88. The van der Waals surface area contributed by atoms with Crippen LogP contribution >= 0.6 is 0 Å². The number of esters is 2. The highest BCUT2D eigenvalue weighted by atomic mass is 16.7. The normalized spacial score (nSPS) is 24.8. The molecule has 0 spiro atoms. The van der Waals surface area contributed by atoms with Crippen molar-refractivity contribution in [1.82, 2.24) is 0 Å². The van der Waals surface area contributed by atoms with Crippen molar-refractivity contribution in [3.63, 3.8) is 0 Å². The summed E-state index contributed by atoms with van der Waals surface area (Å²) < 4.78 is 58.1. The van der Waals surface area contributed by atoms with Crippen molar-refractivity contribution in [1.29, 1.82) is 0 Å². The van der Waals surface area contributed by atoms with Crippen LogP contribution in [0.15, 0.2) is 133 Å². The second kappa shape index (κ2) is 22.4. The molecule has 0 N–H and O–H groups in total. The minimum Gasteiger partial charge on any atom is -0.463 e. The van der Waals surface area contributed by atoms with E-state index in [1.54, 1.807) is 6.08 Å². The largest absolute Gasteiger partial charge is 0.463 e. The van der Waals surface area contributed by atoms with Crippen LogP contribution in [0.25, 0.3) is 0 Å². The van der Waals surface area contributed by atoms with Crippen LogP contribution in [0, 0.1) is 5.92 Å². The predicted molar refractivity (Wildman–Crippen MR) is 215 cm³/mol. The highest BCUT2D eigenvalue weighted by Crippen LogP contribution is 2.38. The van der Waals surface area contributed by atoms with Crippen LogP contribution < -0.4 is 0 Å². The lowest BCUT2D eigenvalue weighted by atomic mass is 9.85. The van der Waals surface area contributed by atoms with Crippen LogP contribution in [0.1, 0.15) is 43.0 Å². The molecule has 9 atom stereocenters. The smallest absolute Gasteiger partial charge is 0.303 e. The Morgan fingerprint density at radius 1 is 0.569 bits per heavy atom. The van der Waals surface area contributed by atoms with Gasteiger partial charge in [0.25, 0.3) is 0 Å². The highest BCUT2D eigenvalue weighted by molar-refractivity contribution is 5.66. The Morgan fingerprint density at radius 2 is 1.07 bits per heavy atom. The van der Waals surface area contributed by atoms with Gasteiger partial charge in [0, 0.05) is 20.5 Å². The third-order valence-electron chi connectivity index (χ3n) is 9.88. The minimum absolute atomic E-state index is 0.000238. The van der Waals surface area contributed by atoms with E-state index < -0.39 is 66.9 Å². The molecule has 0 saturated carbocycles. The Hall–Kier alpha value is -4.72. The summed E-state index contributed by atoms with van der Waals surface area (Å²) in [5.41, 5.74) is 3.87. The topological polar surface area (TPSA) is 117 Å². The molecule has 2 aliphatic rings. The minimum atomic E-state index is -0.990. The standard InChI is InChI=1S/C47H54O11/c1-4-51-47-40(26-25-39(57-47)31-52-33(2)48)42(56-34(3)49)46-45(55-30-38-23-15-8-16-24-38)44(54-29-37-21-13-7-14-22-37)43(53-28-36-19-11-6-12-20-36)41(58-46)32-50-27-35-17-9-5-10-18-35/h5-26,39-47H,4,27-32H2,1-3H3/t39-,40+,41-,42+,43-,44+,45-,46+,47-/m1/s1. The van der Waals surface area contributed by atoms with Crippen LogP contribution in [0.5, 0.6) is 0 Å². The lowest BCUT2D eigenvalue weighted by molar-refractivity contribution is -0.299. The van der Waals surface area contributed by atoms with Crippen molar-refractivity contribution in [3.8, 4) is 0 Å². The van der Waals surface area contributed by atoms with E-state index in [9.17, 15) is 9.59 Å². The summed E-state index contributed by atoms with van der Waals surface area (Å²) in [5, 5.41) is 0. The van der Waals surface area contributed by atoms with E-state index in [0.717, 1.165) is 22.3 Å². The van der Waals surface area contributed by atoms with E-state index in [2.05, 4.69) is 0 Å². The zero-order valence-corrected chi connectivity index (χ0v) is 33.3. The SMILES string of the molecule is CCO[C@@H]1O[C@@H](COC(C)=O)C=C[C@H]1[C@H](OC(C)=O)[C@@H]1O[C@H](COCc2ccccc2)[C@@H](OCc2ccccc2)[C@H](OCc2ccccc2)[C@H]1OCc1ccccc1. The molecule has 58 heavy (non-hydrogen) atoms. The van der Waals surface area contributed by atoms with Crippen LogP contribution in [-0.2, 0) is 78.6 Å². The molecular formula is C47H54O11. The van der Waals surface area contributed by atoms with Gasteiger partial charge in [0.15, 0.2) is 6.29 Å². The maximum atomic E-state index is 13.1. The Labute approximate surface area is 341 Å². The molecule has 4 aromatic carbocycles. The Kier molecular flexibility index (Phi) is 16.6. The van der Waals surface area contributed by atoms with Gasteiger partial charge in [-0.2, -0.15) is 0 Å². The molecule has 1 fully saturated rings. The molecule has 1 saturated heterocycles. The van der Waals surface area contributed by atoms with E-state index in [-0.39, 0.29) is 33.0 Å². The third kappa shape index (κ3) is 12.6. The van der Waals surface area contributed by atoms with Crippen molar-refractivity contribution >= 4 is 11.9 Å². The van der Waals surface area contributed by atoms with E-state index in [4.69, 9.17) is 42.6 Å². The Morgan fingerprint density at radius 3 is 1.57 bits per heavy atom. The van der Waals surface area contributed by atoms with E-state index in [0.29, 0.717) is 13.2 Å². The first-order valence-corrected chi connectivity index (χ1v) is 19.9. The molecule has 0 aliphatic carbocycles. The summed E-state index contributed by atoms with van der Waals surface area (Å²) in [6.45, 7) is 6.05. The van der Waals surface area contributed by atoms with Crippen molar-refractivity contribution in [3.05, 3.63) is 156 Å². The molecule has 2 aliphatic heterocycles. The summed E-state index contributed by atoms with van der Waals surface area (Å²) in [6, 6.07) is 39.5. The van der Waals surface area contributed by atoms with E-state index in [1.807, 2.05) is 134 Å². The van der Waals surface area contributed by atoms with E-state index in [1.165, 1.54) is 13.8 Å². The van der Waals surface area contributed by atoms with Gasteiger partial charge in [-0.3, -0.25) is 9.59 Å². The van der Waals surface area contributed by atoms with Crippen molar-refractivity contribution < 1.29 is 52.2 Å². The molecule has 11 heteroatoms. The molecule has 0 aromatic heterocycles. The number of rotatable bonds is 20. The van der Waals surface area contributed by atoms with Gasteiger partial charge >= 0.3 is 11.9 Å². The lowest BCUT2D eigenvalue weighted by Gasteiger charge is -2.49. The maximum absolute atomic E-state index is 13.1. The Balaban J connectivity index is 1.41. The fourth-order valence-corrected chi connectivity index (χ4v) is 7.17. The van der Waals surface area contributed by atoms with E-state index >= 15 is 0 Å². The van der Waals surface area contributed by atoms with Gasteiger partial charge in [0.1, 0.15) is 49.3 Å². The fourth-order valence-electron chi connectivity index (χ4n) is 7.17. The molecule has 308 valence electrons. The zero-order chi connectivity index (χ0) is 40.5. The number of carbonyl (C=O) groups excluding carboxylic acids is 2. The predicted octanol–water partition coefficient (Wildman–Crippen LogP) is 7.16. The summed E-state index contributed by atoms with van der Waals surface area (Å²) >= 11 is 0. The number of carbonyl (C=O) groups is 2. The van der Waals surface area contributed by atoms with Crippen LogP contribution in [0.3, 0.4) is 0 Å². The molecule has 6 rings (SSSR count). The number of ether oxygens (including phenoxy) is 9. The summed E-state index contributed by atoms with van der Waals surface area (Å²) in [7, 11) is 0. The number of hydrogen-bond acceptors (Lipinski definition) is 11. The summed E-state index contributed by atoms with van der Waals surface area (Å²) in [5.74, 6) is -1.61. The first-order chi connectivity index (χ1) is 28.4. The highest BCUT2D eigenvalue weighted by Gasteiger charge is 2.54. The zero-order valence-electron chi connectivity index (χ0n) is 33.3. The molecule has 0 amide bonds. The van der Waals surface area contributed by atoms with Crippen LogP contribution in [0.2, 0.25) is 0 Å². The quantitative estimate of drug-likeness (QED) is 0.0671. The van der Waals surface area contributed by atoms with Gasteiger partial charge in [0.05, 0.1) is 39.0 Å². The van der Waals surface area contributed by atoms with Gasteiger partial charge in [0.2, 0.25) is 0 Å².